The molecule has 0 heterocycles. The fourth-order valence-corrected chi connectivity index (χ4v) is 2.37. The Bertz CT molecular complexity index is 602. The van der Waals surface area contributed by atoms with E-state index in [1.807, 2.05) is 0 Å². The number of nitrogens with one attached hydrogen (secondary N) is 1. The highest BCUT2D eigenvalue weighted by Gasteiger charge is 2.20. The van der Waals surface area contributed by atoms with E-state index in [9.17, 15) is 8.78 Å². The zero-order chi connectivity index (χ0) is 14.0. The van der Waals surface area contributed by atoms with Gasteiger partial charge < -0.3 is 5.32 Å². The first-order valence-electron chi connectivity index (χ1n) is 5.60. The molecule has 5 heteroatoms. The van der Waals surface area contributed by atoms with Crippen molar-refractivity contribution in [2.75, 3.05) is 7.05 Å². The molecule has 100 valence electrons. The zero-order valence-electron chi connectivity index (χ0n) is 10.1. The Morgan fingerprint density at radius 3 is 2.42 bits per heavy atom. The quantitative estimate of drug-likeness (QED) is 0.875. The molecule has 1 nitrogen and oxygen atoms in total. The highest BCUT2D eigenvalue weighted by molar-refractivity contribution is 6.42. The third kappa shape index (κ3) is 2.89. The van der Waals surface area contributed by atoms with Crippen LogP contribution >= 0.6 is 23.2 Å². The summed E-state index contributed by atoms with van der Waals surface area (Å²) in [5.74, 6) is -1.25. The van der Waals surface area contributed by atoms with Crippen LogP contribution in [-0.2, 0) is 0 Å². The van der Waals surface area contributed by atoms with Crippen LogP contribution in [0.25, 0.3) is 0 Å². The maximum Gasteiger partial charge on any atom is 0.131 e. The molecule has 0 aromatic heterocycles. The molecular formula is C14H11Cl2F2N. The average molecular weight is 302 g/mol. The van der Waals surface area contributed by atoms with Gasteiger partial charge in [0.1, 0.15) is 11.6 Å². The van der Waals surface area contributed by atoms with Gasteiger partial charge >= 0.3 is 0 Å². The molecule has 0 saturated heterocycles. The van der Waals surface area contributed by atoms with Crippen LogP contribution in [0, 0.1) is 11.6 Å². The normalized spacial score (nSPS) is 12.5. The van der Waals surface area contributed by atoms with Gasteiger partial charge in [-0.2, -0.15) is 0 Å². The number of hydrogen-bond acceptors (Lipinski definition) is 1. The van der Waals surface area contributed by atoms with Crippen LogP contribution in [0.3, 0.4) is 0 Å². The molecule has 2 aromatic carbocycles. The predicted molar refractivity (Wildman–Crippen MR) is 73.7 cm³/mol. The smallest absolute Gasteiger partial charge is 0.131 e. The van der Waals surface area contributed by atoms with E-state index in [0.29, 0.717) is 21.2 Å². The van der Waals surface area contributed by atoms with Crippen LogP contribution in [-0.4, -0.2) is 7.05 Å². The Labute approximate surface area is 120 Å². The van der Waals surface area contributed by atoms with E-state index in [1.165, 1.54) is 12.1 Å². The van der Waals surface area contributed by atoms with Crippen LogP contribution in [0.5, 0.6) is 0 Å². The van der Waals surface area contributed by atoms with Crippen molar-refractivity contribution in [2.45, 2.75) is 6.04 Å². The summed E-state index contributed by atoms with van der Waals surface area (Å²) in [6.45, 7) is 0. The van der Waals surface area contributed by atoms with E-state index in [4.69, 9.17) is 23.2 Å². The first-order chi connectivity index (χ1) is 9.04. The lowest BCUT2D eigenvalue weighted by Crippen LogP contribution is -2.19. The summed E-state index contributed by atoms with van der Waals surface area (Å²) in [6.07, 6.45) is 0. The van der Waals surface area contributed by atoms with Gasteiger partial charge in [0.2, 0.25) is 0 Å². The second kappa shape index (κ2) is 5.87. The minimum atomic E-state index is -0.629. The molecule has 2 aromatic rings. The second-order valence-corrected chi connectivity index (χ2v) is 4.82. The minimum absolute atomic E-state index is 0.313. The van der Waals surface area contributed by atoms with Crippen LogP contribution in [0.15, 0.2) is 36.4 Å². The monoisotopic (exact) mass is 301 g/mol. The molecule has 0 bridgehead atoms. The Balaban J connectivity index is 2.53. The van der Waals surface area contributed by atoms with E-state index in [1.54, 1.807) is 25.2 Å². The summed E-state index contributed by atoms with van der Waals surface area (Å²) in [6, 6.07) is 8.09. The Hall–Kier alpha value is -1.16. The standard InChI is InChI=1S/C14H11Cl2F2N/c1-19-14(9-6-5-8(17)7-12(9)18)10-3-2-4-11(15)13(10)16/h2-7,14,19H,1H3. The summed E-state index contributed by atoms with van der Waals surface area (Å²) >= 11 is 12.1. The molecular weight excluding hydrogens is 291 g/mol. The van der Waals surface area contributed by atoms with Gasteiger partial charge in [-0.05, 0) is 24.7 Å². The maximum absolute atomic E-state index is 13.8. The number of halogens is 4. The third-order valence-electron chi connectivity index (χ3n) is 2.85. The average Bonchev–Trinajstić information content (AvgIpc) is 2.37. The van der Waals surface area contributed by atoms with Crippen molar-refractivity contribution in [3.05, 3.63) is 69.2 Å². The van der Waals surface area contributed by atoms with Gasteiger partial charge in [0.05, 0.1) is 16.1 Å². The third-order valence-corrected chi connectivity index (χ3v) is 3.69. The highest BCUT2D eigenvalue weighted by Crippen LogP contribution is 2.33. The van der Waals surface area contributed by atoms with E-state index < -0.39 is 17.7 Å². The van der Waals surface area contributed by atoms with E-state index in [-0.39, 0.29) is 0 Å². The molecule has 0 amide bonds. The number of benzene rings is 2. The van der Waals surface area contributed by atoms with Gasteiger partial charge in [-0.25, -0.2) is 8.78 Å². The van der Waals surface area contributed by atoms with E-state index in [2.05, 4.69) is 5.32 Å². The zero-order valence-corrected chi connectivity index (χ0v) is 11.6. The fraction of sp³-hybridized carbons (Fsp3) is 0.143. The summed E-state index contributed by atoms with van der Waals surface area (Å²) in [5, 5.41) is 3.70. The first-order valence-corrected chi connectivity index (χ1v) is 6.36. The topological polar surface area (TPSA) is 12.0 Å². The Morgan fingerprint density at radius 2 is 1.79 bits per heavy atom. The molecule has 1 atom stereocenters. The first kappa shape index (κ1) is 14.3. The highest BCUT2D eigenvalue weighted by atomic mass is 35.5. The Morgan fingerprint density at radius 1 is 1.05 bits per heavy atom. The van der Waals surface area contributed by atoms with Gasteiger partial charge in [0.15, 0.2) is 0 Å². The van der Waals surface area contributed by atoms with Crippen molar-refractivity contribution < 1.29 is 8.78 Å². The van der Waals surface area contributed by atoms with Crippen molar-refractivity contribution in [1.29, 1.82) is 0 Å². The van der Waals surface area contributed by atoms with E-state index in [0.717, 1.165) is 6.07 Å². The lowest BCUT2D eigenvalue weighted by Gasteiger charge is -2.19. The molecule has 0 radical (unpaired) electrons. The fourth-order valence-electron chi connectivity index (χ4n) is 1.96. The van der Waals surface area contributed by atoms with Crippen molar-refractivity contribution in [3.8, 4) is 0 Å². The molecule has 2 rings (SSSR count). The summed E-state index contributed by atoms with van der Waals surface area (Å²) in [4.78, 5) is 0. The molecule has 19 heavy (non-hydrogen) atoms. The van der Waals surface area contributed by atoms with Crippen LogP contribution in [0.1, 0.15) is 17.2 Å². The summed E-state index contributed by atoms with van der Waals surface area (Å²) in [7, 11) is 1.67. The van der Waals surface area contributed by atoms with Gasteiger partial charge in [-0.3, -0.25) is 0 Å². The lowest BCUT2D eigenvalue weighted by molar-refractivity contribution is 0.552. The van der Waals surface area contributed by atoms with Crippen LogP contribution < -0.4 is 5.32 Å². The number of rotatable bonds is 3. The van der Waals surface area contributed by atoms with Gasteiger partial charge in [0.25, 0.3) is 0 Å². The molecule has 0 spiro atoms. The largest absolute Gasteiger partial charge is 0.309 e. The van der Waals surface area contributed by atoms with Crippen molar-refractivity contribution in [1.82, 2.24) is 5.32 Å². The van der Waals surface area contributed by atoms with Crippen molar-refractivity contribution in [3.63, 3.8) is 0 Å². The maximum atomic E-state index is 13.8. The summed E-state index contributed by atoms with van der Waals surface area (Å²) in [5.41, 5.74) is 0.954. The van der Waals surface area contributed by atoms with Gasteiger partial charge in [0, 0.05) is 11.6 Å². The van der Waals surface area contributed by atoms with E-state index >= 15 is 0 Å². The molecule has 0 fully saturated rings. The Kier molecular flexibility index (Phi) is 4.40. The molecule has 1 unspecified atom stereocenters. The molecule has 0 aliphatic carbocycles. The molecule has 0 saturated carbocycles. The molecule has 0 aliphatic rings. The SMILES string of the molecule is CNC(c1ccc(F)cc1F)c1cccc(Cl)c1Cl. The van der Waals surface area contributed by atoms with Crippen LogP contribution in [0.4, 0.5) is 8.78 Å². The number of hydrogen-bond donors (Lipinski definition) is 1. The van der Waals surface area contributed by atoms with Gasteiger partial charge in [-0.1, -0.05) is 41.4 Å². The minimum Gasteiger partial charge on any atom is -0.309 e. The lowest BCUT2D eigenvalue weighted by atomic mass is 9.98. The second-order valence-electron chi connectivity index (χ2n) is 4.03. The van der Waals surface area contributed by atoms with Gasteiger partial charge in [-0.15, -0.1) is 0 Å². The molecule has 1 N–H and O–H groups in total. The predicted octanol–water partition coefficient (Wildman–Crippen LogP) is 4.58. The van der Waals surface area contributed by atoms with Crippen molar-refractivity contribution >= 4 is 23.2 Å². The van der Waals surface area contributed by atoms with Crippen LogP contribution in [0.2, 0.25) is 10.0 Å². The van der Waals surface area contributed by atoms with Crippen molar-refractivity contribution in [2.24, 2.45) is 0 Å². The molecule has 0 aliphatic heterocycles. The summed E-state index contributed by atoms with van der Waals surface area (Å²) < 4.78 is 26.8.